The van der Waals surface area contributed by atoms with E-state index in [4.69, 9.17) is 4.74 Å². The summed E-state index contributed by atoms with van der Waals surface area (Å²) >= 11 is 0. The van der Waals surface area contributed by atoms with Crippen LogP contribution in [0.25, 0.3) is 10.8 Å². The second-order valence-corrected chi connectivity index (χ2v) is 7.33. The molecule has 1 aliphatic rings. The normalized spacial score (nSPS) is 15.9. The summed E-state index contributed by atoms with van der Waals surface area (Å²) < 4.78 is 4.83. The number of nitrogens with one attached hydrogen (secondary N) is 1. The molecule has 3 aromatic carbocycles. The van der Waals surface area contributed by atoms with Crippen LogP contribution in [0.4, 0.5) is 5.69 Å². The van der Waals surface area contributed by atoms with E-state index in [0.29, 0.717) is 16.8 Å². The number of rotatable bonds is 6. The first kappa shape index (κ1) is 21.0. The third-order valence-corrected chi connectivity index (χ3v) is 5.45. The lowest BCUT2D eigenvalue weighted by Crippen LogP contribution is -2.65. The van der Waals surface area contributed by atoms with E-state index in [1.807, 2.05) is 30.3 Å². The number of benzene rings is 3. The number of esters is 1. The Balaban J connectivity index is 1.55. The summed E-state index contributed by atoms with van der Waals surface area (Å²) in [6, 6.07) is 19.0. The summed E-state index contributed by atoms with van der Waals surface area (Å²) in [5, 5.41) is 16.8. The quantitative estimate of drug-likeness (QED) is 0.205. The van der Waals surface area contributed by atoms with Crippen LogP contribution >= 0.6 is 0 Å². The van der Waals surface area contributed by atoms with E-state index in [0.717, 1.165) is 10.8 Å². The van der Waals surface area contributed by atoms with Gasteiger partial charge < -0.3 is 20.2 Å². The molecule has 0 aromatic heterocycles. The number of hydrogen-bond acceptors (Lipinski definition) is 6. The number of carbonyl (C=O) groups is 3. The van der Waals surface area contributed by atoms with Crippen molar-refractivity contribution in [2.24, 2.45) is 5.16 Å². The highest BCUT2D eigenvalue weighted by atomic mass is 16.5. The fourth-order valence-corrected chi connectivity index (χ4v) is 3.79. The molecule has 32 heavy (non-hydrogen) atoms. The number of methoxy groups -OCH3 is 1. The number of nitrogens with zero attached hydrogens (tertiary/aromatic N) is 2. The van der Waals surface area contributed by atoms with Crippen molar-refractivity contribution in [3.05, 3.63) is 77.9 Å². The fourth-order valence-electron chi connectivity index (χ4n) is 3.79. The first-order chi connectivity index (χ1) is 15.5. The highest BCUT2D eigenvalue weighted by Crippen LogP contribution is 2.33. The average molecular weight is 431 g/mol. The molecule has 8 heteroatoms. The number of β-lactam (4-membered cyclic amide) rings is 1. The van der Waals surface area contributed by atoms with Crippen molar-refractivity contribution >= 4 is 40.0 Å². The summed E-state index contributed by atoms with van der Waals surface area (Å²) in [7, 11) is 1.32. The lowest BCUT2D eigenvalue weighted by Gasteiger charge is -2.39. The highest BCUT2D eigenvalue weighted by molar-refractivity contribution is 6.45. The van der Waals surface area contributed by atoms with Crippen molar-refractivity contribution in [1.82, 2.24) is 5.32 Å². The van der Waals surface area contributed by atoms with Crippen LogP contribution in [0.1, 0.15) is 11.1 Å². The van der Waals surface area contributed by atoms with Crippen molar-refractivity contribution in [2.45, 2.75) is 12.5 Å². The lowest BCUT2D eigenvalue weighted by molar-refractivity contribution is -0.139. The predicted molar refractivity (Wildman–Crippen MR) is 119 cm³/mol. The van der Waals surface area contributed by atoms with Crippen LogP contribution in [-0.2, 0) is 25.5 Å². The summed E-state index contributed by atoms with van der Waals surface area (Å²) in [4.78, 5) is 39.0. The summed E-state index contributed by atoms with van der Waals surface area (Å²) in [5.41, 5.74) is 1.55. The van der Waals surface area contributed by atoms with Gasteiger partial charge in [-0.05, 0) is 22.4 Å². The molecule has 0 spiro atoms. The van der Waals surface area contributed by atoms with Gasteiger partial charge in [-0.1, -0.05) is 65.8 Å². The van der Waals surface area contributed by atoms with Gasteiger partial charge in [0.2, 0.25) is 0 Å². The van der Waals surface area contributed by atoms with E-state index >= 15 is 0 Å². The molecule has 8 nitrogen and oxygen atoms in total. The van der Waals surface area contributed by atoms with E-state index in [1.54, 1.807) is 36.4 Å². The van der Waals surface area contributed by atoms with Gasteiger partial charge >= 0.3 is 5.97 Å². The topological polar surface area (TPSA) is 108 Å². The number of anilines is 1. The maximum absolute atomic E-state index is 12.9. The number of hydrogen-bond donors (Lipinski definition) is 2. The van der Waals surface area contributed by atoms with E-state index in [1.165, 1.54) is 12.0 Å². The van der Waals surface area contributed by atoms with Gasteiger partial charge in [0.05, 0.1) is 20.1 Å². The summed E-state index contributed by atoms with van der Waals surface area (Å²) in [6.07, 6.45) is 0.0172. The van der Waals surface area contributed by atoms with Gasteiger partial charge in [-0.15, -0.1) is 0 Å². The monoisotopic (exact) mass is 431 g/mol. The maximum atomic E-state index is 12.9. The number of fused-ring (bicyclic) bond motifs is 1. The van der Waals surface area contributed by atoms with Crippen LogP contribution in [0.2, 0.25) is 0 Å². The predicted octanol–water partition coefficient (Wildman–Crippen LogP) is 2.27. The third-order valence-electron chi connectivity index (χ3n) is 5.45. The minimum atomic E-state index is -0.764. The lowest BCUT2D eigenvalue weighted by atomic mass is 9.96. The van der Waals surface area contributed by atoms with Crippen LogP contribution in [0.3, 0.4) is 0 Å². The maximum Gasteiger partial charge on any atom is 0.310 e. The summed E-state index contributed by atoms with van der Waals surface area (Å²) in [5.74, 6) is -1.37. The zero-order chi connectivity index (χ0) is 22.7. The minimum absolute atomic E-state index is 0.0172. The molecule has 1 atom stereocenters. The Morgan fingerprint density at radius 1 is 1.09 bits per heavy atom. The first-order valence-electron chi connectivity index (χ1n) is 10.0. The molecule has 2 N–H and O–H groups in total. The molecular weight excluding hydrogens is 410 g/mol. The molecule has 0 aliphatic carbocycles. The van der Waals surface area contributed by atoms with Gasteiger partial charge in [0.15, 0.2) is 5.71 Å². The van der Waals surface area contributed by atoms with E-state index in [-0.39, 0.29) is 24.6 Å². The smallest absolute Gasteiger partial charge is 0.310 e. The fraction of sp³-hybridized carbons (Fsp3) is 0.167. The molecule has 4 rings (SSSR count). The standard InChI is InChI=1S/C24H21N3O5/c1-32-21(28)13-18-17-10-6-5-7-15(17)11-12-20(18)27-14-19(24(27)30)25-23(29)22(26-31)16-8-3-2-4-9-16/h2-12,19,31H,13-14H2,1H3,(H,25,29)/b26-22+. The molecule has 1 heterocycles. The second kappa shape index (κ2) is 8.89. The zero-order valence-electron chi connectivity index (χ0n) is 17.3. The van der Waals surface area contributed by atoms with Crippen molar-refractivity contribution in [2.75, 3.05) is 18.6 Å². The molecule has 1 aliphatic heterocycles. The summed E-state index contributed by atoms with van der Waals surface area (Å²) in [6.45, 7) is 0.227. The molecular formula is C24H21N3O5. The molecule has 1 saturated heterocycles. The van der Waals surface area contributed by atoms with E-state index < -0.39 is 17.9 Å². The van der Waals surface area contributed by atoms with Crippen molar-refractivity contribution in [3.8, 4) is 0 Å². The molecule has 1 unspecified atom stereocenters. The largest absolute Gasteiger partial charge is 0.469 e. The molecule has 1 fully saturated rings. The molecule has 3 aromatic rings. The van der Waals surface area contributed by atoms with Crippen molar-refractivity contribution < 1.29 is 24.3 Å². The second-order valence-electron chi connectivity index (χ2n) is 7.33. The van der Waals surface area contributed by atoms with Gasteiger partial charge in [-0.25, -0.2) is 0 Å². The Kier molecular flexibility index (Phi) is 5.85. The third kappa shape index (κ3) is 3.90. The van der Waals surface area contributed by atoms with Crippen LogP contribution < -0.4 is 10.2 Å². The van der Waals surface area contributed by atoms with Gasteiger partial charge in [0.25, 0.3) is 11.8 Å². The Hall–Kier alpha value is -4.20. The minimum Gasteiger partial charge on any atom is -0.469 e. The molecule has 162 valence electrons. The van der Waals surface area contributed by atoms with Crippen LogP contribution in [0.15, 0.2) is 71.9 Å². The van der Waals surface area contributed by atoms with Gasteiger partial charge in [-0.2, -0.15) is 0 Å². The van der Waals surface area contributed by atoms with Crippen molar-refractivity contribution in [1.29, 1.82) is 0 Å². The molecule has 0 saturated carbocycles. The highest BCUT2D eigenvalue weighted by Gasteiger charge is 2.40. The molecule has 0 bridgehead atoms. The van der Waals surface area contributed by atoms with Crippen LogP contribution in [0, 0.1) is 0 Å². The Bertz CT molecular complexity index is 1220. The zero-order valence-corrected chi connectivity index (χ0v) is 17.3. The SMILES string of the molecule is COC(=O)Cc1c(N2CC(NC(=O)/C(=N/O)c3ccccc3)C2=O)ccc2ccccc12. The van der Waals surface area contributed by atoms with Gasteiger partial charge in [0.1, 0.15) is 6.04 Å². The number of amides is 2. The Morgan fingerprint density at radius 2 is 1.81 bits per heavy atom. The van der Waals surface area contributed by atoms with Gasteiger partial charge in [0, 0.05) is 11.3 Å². The first-order valence-corrected chi connectivity index (χ1v) is 10.0. The average Bonchev–Trinajstić information content (AvgIpc) is 2.83. The van der Waals surface area contributed by atoms with Crippen LogP contribution in [-0.4, -0.2) is 48.4 Å². The Morgan fingerprint density at radius 3 is 2.50 bits per heavy atom. The number of oxime groups is 1. The number of carbonyl (C=O) groups excluding carboxylic acids is 3. The Labute approximate surface area is 184 Å². The molecule has 2 amide bonds. The van der Waals surface area contributed by atoms with Crippen LogP contribution in [0.5, 0.6) is 0 Å². The van der Waals surface area contributed by atoms with E-state index in [9.17, 15) is 19.6 Å². The number of ether oxygens (including phenoxy) is 1. The molecule has 0 radical (unpaired) electrons. The van der Waals surface area contributed by atoms with Gasteiger partial charge in [-0.3, -0.25) is 14.4 Å². The van der Waals surface area contributed by atoms with Crippen molar-refractivity contribution in [3.63, 3.8) is 0 Å². The van der Waals surface area contributed by atoms with E-state index in [2.05, 4.69) is 10.5 Å².